The summed E-state index contributed by atoms with van der Waals surface area (Å²) in [5.41, 5.74) is 7.33. The SMILES string of the molecule is CC(C)OC(=O)[C@@H]1CCC(=O)N1.CC(C)OC(=O)[C@@H]1CCC(C=[N+]=N)=N1.CC(C)OC(=O)[C@@H]1CCCC(=O)N1. The number of nitrogens with zero attached hydrogens (tertiary/aromatic N) is 2. The molecule has 3 atom stereocenters. The lowest BCUT2D eigenvalue weighted by Crippen LogP contribution is -2.45. The molecule has 218 valence electrons. The molecule has 0 unspecified atom stereocenters. The first-order valence-corrected chi connectivity index (χ1v) is 13.3. The second-order valence-electron chi connectivity index (χ2n) is 10.1. The van der Waals surface area contributed by atoms with Crippen molar-refractivity contribution >= 4 is 41.6 Å². The van der Waals surface area contributed by atoms with Crippen LogP contribution in [0, 0.1) is 5.53 Å². The highest BCUT2D eigenvalue weighted by Gasteiger charge is 2.29. The Hall–Kier alpha value is -3.60. The van der Waals surface area contributed by atoms with Gasteiger partial charge in [0, 0.05) is 17.6 Å². The van der Waals surface area contributed by atoms with E-state index in [1.54, 1.807) is 27.7 Å². The number of hydrogen-bond acceptors (Lipinski definition) is 10. The standard InChI is InChI=1S/C9H14N3O2.C9H15NO3.C8H13NO3/c1-6(2)14-9(13)8-4-3-7(12-8)5-11-10;1-6(2)13-9(12)7-4-3-5-8(11)10-7;1-5(2)12-8(11)6-3-4-7(10)9-6/h5-6,8,10H,3-4H2,1-2H3;6-7H,3-5H2,1-2H3,(H,10,11);5-6H,3-4H2,1-2H3,(H,9,10)/q+1;;/t8-;7-;6-/m000/s1. The molecule has 0 saturated carbocycles. The molecule has 2 amide bonds. The molecule has 3 N–H and O–H groups in total. The van der Waals surface area contributed by atoms with E-state index in [2.05, 4.69) is 20.4 Å². The van der Waals surface area contributed by atoms with Crippen LogP contribution in [-0.2, 0) is 38.2 Å². The molecule has 3 aliphatic rings. The fourth-order valence-electron chi connectivity index (χ4n) is 3.67. The highest BCUT2D eigenvalue weighted by molar-refractivity contribution is 6.29. The lowest BCUT2D eigenvalue weighted by Gasteiger charge is -2.22. The second kappa shape index (κ2) is 17.1. The molecule has 0 aromatic carbocycles. The van der Waals surface area contributed by atoms with Crippen LogP contribution < -0.4 is 10.6 Å². The van der Waals surface area contributed by atoms with Crippen molar-refractivity contribution in [1.29, 1.82) is 5.53 Å². The van der Waals surface area contributed by atoms with Crippen LogP contribution in [0.1, 0.15) is 86.5 Å². The molecule has 2 fully saturated rings. The van der Waals surface area contributed by atoms with Crippen molar-refractivity contribution in [3.8, 4) is 0 Å². The van der Waals surface area contributed by atoms with Crippen molar-refractivity contribution < 1.29 is 43.0 Å². The summed E-state index contributed by atoms with van der Waals surface area (Å²) in [4.78, 5) is 62.8. The van der Waals surface area contributed by atoms with E-state index in [1.165, 1.54) is 6.21 Å². The largest absolute Gasteiger partial charge is 0.461 e. The van der Waals surface area contributed by atoms with Gasteiger partial charge in [-0.25, -0.2) is 14.4 Å². The molecular weight excluding hydrogens is 510 g/mol. The summed E-state index contributed by atoms with van der Waals surface area (Å²) < 4.78 is 14.9. The molecule has 13 heteroatoms. The van der Waals surface area contributed by atoms with Crippen LogP contribution in [0.3, 0.4) is 0 Å². The maximum atomic E-state index is 11.4. The highest BCUT2D eigenvalue weighted by atomic mass is 16.6. The third kappa shape index (κ3) is 13.7. The van der Waals surface area contributed by atoms with Crippen molar-refractivity contribution in [3.05, 3.63) is 0 Å². The van der Waals surface area contributed by atoms with Gasteiger partial charge in [-0.15, -0.1) is 0 Å². The number of esters is 3. The van der Waals surface area contributed by atoms with Crippen LogP contribution in [0.4, 0.5) is 0 Å². The predicted octanol–water partition coefficient (Wildman–Crippen LogP) is 1.67. The zero-order chi connectivity index (χ0) is 29.5. The normalized spacial score (nSPS) is 21.8. The molecule has 3 heterocycles. The minimum Gasteiger partial charge on any atom is -0.461 e. The first-order valence-electron chi connectivity index (χ1n) is 13.3. The smallest absolute Gasteiger partial charge is 0.350 e. The Labute approximate surface area is 229 Å². The highest BCUT2D eigenvalue weighted by Crippen LogP contribution is 2.14. The van der Waals surface area contributed by atoms with E-state index in [9.17, 15) is 24.0 Å². The summed E-state index contributed by atoms with van der Waals surface area (Å²) in [5.74, 6) is -1.05. The van der Waals surface area contributed by atoms with Gasteiger partial charge in [-0.2, -0.15) is 0 Å². The molecule has 0 aromatic heterocycles. The lowest BCUT2D eigenvalue weighted by atomic mass is 10.0. The molecule has 39 heavy (non-hydrogen) atoms. The number of aliphatic imine (C=N–C) groups is 1. The number of carbonyl (C=O) groups is 5. The van der Waals surface area contributed by atoms with Crippen LogP contribution in [0.5, 0.6) is 0 Å². The quantitative estimate of drug-likeness (QED) is 0.140. The fourth-order valence-corrected chi connectivity index (χ4v) is 3.67. The van der Waals surface area contributed by atoms with Gasteiger partial charge in [0.2, 0.25) is 11.8 Å². The van der Waals surface area contributed by atoms with Crippen molar-refractivity contribution in [2.45, 2.75) is 123 Å². The molecular formula is C26H42N5O8+. The maximum absolute atomic E-state index is 11.4. The average molecular weight is 553 g/mol. The van der Waals surface area contributed by atoms with Crippen molar-refractivity contribution in [2.24, 2.45) is 4.99 Å². The summed E-state index contributed by atoms with van der Waals surface area (Å²) in [6.45, 7) is 10.8. The first-order chi connectivity index (χ1) is 18.3. The molecule has 13 nitrogen and oxygen atoms in total. The summed E-state index contributed by atoms with van der Waals surface area (Å²) >= 11 is 0. The van der Waals surface area contributed by atoms with Gasteiger partial charge < -0.3 is 24.8 Å². The molecule has 0 bridgehead atoms. The second-order valence-corrected chi connectivity index (χ2v) is 10.1. The van der Waals surface area contributed by atoms with Crippen LogP contribution in [0.15, 0.2) is 4.99 Å². The van der Waals surface area contributed by atoms with Crippen LogP contribution >= 0.6 is 0 Å². The molecule has 0 spiro atoms. The zero-order valence-corrected chi connectivity index (χ0v) is 23.7. The van der Waals surface area contributed by atoms with Gasteiger partial charge in [0.25, 0.3) is 0 Å². The van der Waals surface area contributed by atoms with Gasteiger partial charge in [-0.3, -0.25) is 14.6 Å². The van der Waals surface area contributed by atoms with Crippen molar-refractivity contribution in [1.82, 2.24) is 10.6 Å². The Balaban J connectivity index is 0.000000293. The van der Waals surface area contributed by atoms with E-state index >= 15 is 0 Å². The summed E-state index contributed by atoms with van der Waals surface area (Å²) in [5, 5.41) is 5.15. The predicted molar refractivity (Wildman–Crippen MR) is 140 cm³/mol. The molecule has 3 rings (SSSR count). The number of piperidine rings is 1. The Bertz CT molecular complexity index is 956. The Kier molecular flexibility index (Phi) is 14.6. The summed E-state index contributed by atoms with van der Waals surface area (Å²) in [6, 6.07) is -1.24. The monoisotopic (exact) mass is 552 g/mol. The molecule has 2 saturated heterocycles. The number of rotatable bonds is 7. The molecule has 0 radical (unpaired) electrons. The summed E-state index contributed by atoms with van der Waals surface area (Å²) in [6.07, 6.45) is 5.35. The molecule has 0 aliphatic carbocycles. The van der Waals surface area contributed by atoms with Gasteiger partial charge in [0.1, 0.15) is 23.8 Å². The minimum atomic E-state index is -0.427. The van der Waals surface area contributed by atoms with Crippen LogP contribution in [-0.4, -0.2) is 82.9 Å². The third-order valence-electron chi connectivity index (χ3n) is 5.33. The van der Waals surface area contributed by atoms with E-state index in [0.717, 1.165) is 6.42 Å². The Morgan fingerprint density at radius 3 is 1.74 bits per heavy atom. The number of carbonyl (C=O) groups excluding carboxylic acids is 5. The number of hydrogen-bond donors (Lipinski definition) is 3. The van der Waals surface area contributed by atoms with Crippen LogP contribution in [0.2, 0.25) is 0 Å². The fraction of sp³-hybridized carbons (Fsp3) is 0.731. The van der Waals surface area contributed by atoms with Gasteiger partial charge >= 0.3 is 24.1 Å². The van der Waals surface area contributed by atoms with Gasteiger partial charge in [0.05, 0.1) is 23.8 Å². The first kappa shape index (κ1) is 33.4. The maximum Gasteiger partial charge on any atom is 0.350 e. The Morgan fingerprint density at radius 1 is 0.795 bits per heavy atom. The Morgan fingerprint density at radius 2 is 1.28 bits per heavy atom. The lowest BCUT2D eigenvalue weighted by molar-refractivity contribution is -0.152. The number of ether oxygens (including phenoxy) is 3. The minimum absolute atomic E-state index is 0.0584. The summed E-state index contributed by atoms with van der Waals surface area (Å²) in [7, 11) is 0. The zero-order valence-electron chi connectivity index (χ0n) is 23.7. The van der Waals surface area contributed by atoms with E-state index in [-0.39, 0.29) is 48.0 Å². The van der Waals surface area contributed by atoms with Crippen molar-refractivity contribution in [2.75, 3.05) is 0 Å². The van der Waals surface area contributed by atoms with E-state index in [1.807, 2.05) is 13.8 Å². The van der Waals surface area contributed by atoms with Gasteiger partial charge in [-0.05, 0) is 73.6 Å². The molecule has 3 aliphatic heterocycles. The number of amides is 2. The number of nitrogens with one attached hydrogen (secondary N) is 3. The van der Waals surface area contributed by atoms with E-state index < -0.39 is 18.1 Å². The molecule has 0 aromatic rings. The van der Waals surface area contributed by atoms with Crippen molar-refractivity contribution in [3.63, 3.8) is 0 Å². The van der Waals surface area contributed by atoms with Gasteiger partial charge in [-0.1, -0.05) is 0 Å². The van der Waals surface area contributed by atoms with Crippen LogP contribution in [0.25, 0.3) is 0 Å². The van der Waals surface area contributed by atoms with E-state index in [0.29, 0.717) is 44.2 Å². The topological polar surface area (TPSA) is 187 Å². The van der Waals surface area contributed by atoms with Gasteiger partial charge in [0.15, 0.2) is 0 Å². The van der Waals surface area contributed by atoms with E-state index in [4.69, 9.17) is 19.7 Å². The third-order valence-corrected chi connectivity index (χ3v) is 5.33. The average Bonchev–Trinajstić information content (AvgIpc) is 3.48.